The van der Waals surface area contributed by atoms with Gasteiger partial charge in [0.25, 0.3) is 0 Å². The second kappa shape index (κ2) is 5.45. The third-order valence-electron chi connectivity index (χ3n) is 1.80. The number of sulfone groups is 1. The molecule has 0 saturated carbocycles. The van der Waals surface area contributed by atoms with Gasteiger partial charge in [-0.1, -0.05) is 0 Å². The van der Waals surface area contributed by atoms with Crippen LogP contribution in [0.25, 0.3) is 0 Å². The number of hydrogen-bond acceptors (Lipinski definition) is 4. The lowest BCUT2D eigenvalue weighted by Gasteiger charge is -2.07. The van der Waals surface area contributed by atoms with Crippen molar-refractivity contribution in [3.63, 3.8) is 0 Å². The van der Waals surface area contributed by atoms with E-state index in [4.69, 9.17) is 4.74 Å². The molecule has 0 amide bonds. The van der Waals surface area contributed by atoms with Crippen molar-refractivity contribution in [2.75, 3.05) is 18.6 Å². The van der Waals surface area contributed by atoms with E-state index in [1.807, 2.05) is 0 Å². The molecule has 6 heteroatoms. The quantitative estimate of drug-likeness (QED) is 0.777. The summed E-state index contributed by atoms with van der Waals surface area (Å²) in [6.07, 6.45) is 1.88. The standard InChI is InChI=1S/C10H11BrO4S/c1-16(13,14)5-4-15-10-3-2-8(7-12)6-9(10)11/h2-3,6-7H,4-5H2,1H3. The van der Waals surface area contributed by atoms with Crippen LogP contribution in [0.15, 0.2) is 22.7 Å². The fourth-order valence-corrected chi connectivity index (χ4v) is 1.91. The Morgan fingerprint density at radius 1 is 1.44 bits per heavy atom. The van der Waals surface area contributed by atoms with E-state index in [9.17, 15) is 13.2 Å². The fraction of sp³-hybridized carbons (Fsp3) is 0.300. The maximum atomic E-state index is 10.9. The molecule has 0 aliphatic heterocycles. The maximum absolute atomic E-state index is 10.9. The van der Waals surface area contributed by atoms with E-state index < -0.39 is 9.84 Å². The lowest BCUT2D eigenvalue weighted by atomic mass is 10.2. The van der Waals surface area contributed by atoms with E-state index >= 15 is 0 Å². The third kappa shape index (κ3) is 4.32. The van der Waals surface area contributed by atoms with E-state index in [2.05, 4.69) is 15.9 Å². The van der Waals surface area contributed by atoms with Crippen LogP contribution >= 0.6 is 15.9 Å². The zero-order valence-electron chi connectivity index (χ0n) is 8.64. The van der Waals surface area contributed by atoms with Crippen LogP contribution in [0.1, 0.15) is 10.4 Å². The second-order valence-electron chi connectivity index (χ2n) is 3.29. The molecule has 0 saturated heterocycles. The van der Waals surface area contributed by atoms with Gasteiger partial charge in [0.1, 0.15) is 18.6 Å². The van der Waals surface area contributed by atoms with Crippen molar-refractivity contribution in [3.8, 4) is 5.75 Å². The van der Waals surface area contributed by atoms with Gasteiger partial charge in [0.05, 0.1) is 10.2 Å². The van der Waals surface area contributed by atoms with E-state index in [0.717, 1.165) is 12.5 Å². The van der Waals surface area contributed by atoms with Crippen molar-refractivity contribution < 1.29 is 17.9 Å². The first-order valence-electron chi connectivity index (χ1n) is 4.47. The van der Waals surface area contributed by atoms with E-state index in [0.29, 0.717) is 15.8 Å². The van der Waals surface area contributed by atoms with Crippen molar-refractivity contribution in [1.82, 2.24) is 0 Å². The van der Waals surface area contributed by atoms with Crippen molar-refractivity contribution in [2.24, 2.45) is 0 Å². The largest absolute Gasteiger partial charge is 0.491 e. The summed E-state index contributed by atoms with van der Waals surface area (Å²) in [7, 11) is -3.02. The van der Waals surface area contributed by atoms with Crippen molar-refractivity contribution in [2.45, 2.75) is 0 Å². The van der Waals surface area contributed by atoms with Crippen molar-refractivity contribution in [3.05, 3.63) is 28.2 Å². The first-order chi connectivity index (χ1) is 7.42. The van der Waals surface area contributed by atoms with E-state index in [-0.39, 0.29) is 12.4 Å². The van der Waals surface area contributed by atoms with Gasteiger partial charge in [0.2, 0.25) is 0 Å². The summed E-state index contributed by atoms with van der Waals surface area (Å²) in [5, 5.41) is 0. The Kier molecular flexibility index (Phi) is 4.49. The monoisotopic (exact) mass is 306 g/mol. The molecule has 0 atom stereocenters. The molecule has 88 valence electrons. The Bertz CT molecular complexity index is 482. The average molecular weight is 307 g/mol. The number of carbonyl (C=O) groups excluding carboxylic acids is 1. The number of ether oxygens (including phenoxy) is 1. The molecular formula is C10H11BrO4S. The predicted molar refractivity (Wildman–Crippen MR) is 64.7 cm³/mol. The molecule has 0 aliphatic carbocycles. The molecule has 0 aliphatic rings. The number of benzene rings is 1. The van der Waals surface area contributed by atoms with Crippen molar-refractivity contribution in [1.29, 1.82) is 0 Å². The summed E-state index contributed by atoms with van der Waals surface area (Å²) in [6, 6.07) is 4.84. The number of rotatable bonds is 5. The summed E-state index contributed by atoms with van der Waals surface area (Å²) in [5.74, 6) is 0.490. The van der Waals surface area contributed by atoms with Crippen LogP contribution in [0.2, 0.25) is 0 Å². The summed E-state index contributed by atoms with van der Waals surface area (Å²) >= 11 is 3.24. The first-order valence-corrected chi connectivity index (χ1v) is 7.33. The Morgan fingerprint density at radius 3 is 2.62 bits per heavy atom. The molecule has 1 rings (SSSR count). The number of carbonyl (C=O) groups is 1. The molecule has 0 bridgehead atoms. The lowest BCUT2D eigenvalue weighted by Crippen LogP contribution is -2.12. The number of halogens is 1. The molecule has 0 heterocycles. The topological polar surface area (TPSA) is 60.4 Å². The van der Waals surface area contributed by atoms with Gasteiger partial charge in [0, 0.05) is 11.8 Å². The highest BCUT2D eigenvalue weighted by Gasteiger charge is 2.05. The van der Waals surface area contributed by atoms with E-state index in [1.54, 1.807) is 18.2 Å². The van der Waals surface area contributed by atoms with Crippen molar-refractivity contribution >= 4 is 32.1 Å². The molecule has 1 aromatic rings. The molecule has 4 nitrogen and oxygen atoms in total. The molecule has 0 N–H and O–H groups in total. The zero-order valence-corrected chi connectivity index (χ0v) is 11.0. The maximum Gasteiger partial charge on any atom is 0.150 e. The number of aldehydes is 1. The molecule has 0 spiro atoms. The van der Waals surface area contributed by atoms with Gasteiger partial charge in [-0.05, 0) is 34.1 Å². The highest BCUT2D eigenvalue weighted by atomic mass is 79.9. The first kappa shape index (κ1) is 13.2. The molecule has 1 aromatic carbocycles. The summed E-state index contributed by atoms with van der Waals surface area (Å²) in [5.41, 5.74) is 0.530. The van der Waals surface area contributed by atoms with Crippen LogP contribution in [0, 0.1) is 0 Å². The average Bonchev–Trinajstić information content (AvgIpc) is 2.18. The SMILES string of the molecule is CS(=O)(=O)CCOc1ccc(C=O)cc1Br. The van der Waals surface area contributed by atoms with Gasteiger partial charge in [0.15, 0.2) is 9.84 Å². The Hall–Kier alpha value is -0.880. The Balaban J connectivity index is 2.65. The molecule has 0 unspecified atom stereocenters. The minimum absolute atomic E-state index is 0.0329. The summed E-state index contributed by atoms with van der Waals surface area (Å²) < 4.78 is 27.6. The summed E-state index contributed by atoms with van der Waals surface area (Å²) in [4.78, 5) is 10.5. The second-order valence-corrected chi connectivity index (χ2v) is 6.40. The number of hydrogen-bond donors (Lipinski definition) is 0. The smallest absolute Gasteiger partial charge is 0.150 e. The molecular weight excluding hydrogens is 296 g/mol. The van der Waals surface area contributed by atoms with Gasteiger partial charge in [-0.2, -0.15) is 0 Å². The zero-order chi connectivity index (χ0) is 12.2. The van der Waals surface area contributed by atoms with Gasteiger partial charge in [-0.15, -0.1) is 0 Å². The normalized spacial score (nSPS) is 11.1. The predicted octanol–water partition coefficient (Wildman–Crippen LogP) is 1.69. The minimum atomic E-state index is -3.02. The molecule has 16 heavy (non-hydrogen) atoms. The van der Waals surface area contributed by atoms with Gasteiger partial charge in [-0.3, -0.25) is 4.79 Å². The van der Waals surface area contributed by atoms with Crippen LogP contribution in [-0.2, 0) is 9.84 Å². The molecule has 0 fully saturated rings. The minimum Gasteiger partial charge on any atom is -0.491 e. The fourth-order valence-electron chi connectivity index (χ4n) is 1.01. The lowest BCUT2D eigenvalue weighted by molar-refractivity contribution is 0.112. The van der Waals surface area contributed by atoms with Crippen LogP contribution in [-0.4, -0.2) is 33.3 Å². The van der Waals surface area contributed by atoms with Crippen LogP contribution in [0.5, 0.6) is 5.75 Å². The van der Waals surface area contributed by atoms with E-state index in [1.165, 1.54) is 0 Å². The van der Waals surface area contributed by atoms with Gasteiger partial charge < -0.3 is 4.74 Å². The Labute approximate surface area is 103 Å². The van der Waals surface area contributed by atoms with Gasteiger partial charge in [-0.25, -0.2) is 8.42 Å². The highest BCUT2D eigenvalue weighted by molar-refractivity contribution is 9.10. The van der Waals surface area contributed by atoms with Crippen LogP contribution < -0.4 is 4.74 Å². The third-order valence-corrected chi connectivity index (χ3v) is 3.33. The van der Waals surface area contributed by atoms with Gasteiger partial charge >= 0.3 is 0 Å². The molecule has 0 aromatic heterocycles. The summed E-state index contributed by atoms with van der Waals surface area (Å²) in [6.45, 7) is 0.0951. The van der Waals surface area contributed by atoms with Crippen LogP contribution in [0.3, 0.4) is 0 Å². The molecule has 0 radical (unpaired) electrons. The Morgan fingerprint density at radius 2 is 2.12 bits per heavy atom. The highest BCUT2D eigenvalue weighted by Crippen LogP contribution is 2.25. The van der Waals surface area contributed by atoms with Crippen LogP contribution in [0.4, 0.5) is 0 Å².